The van der Waals surface area contributed by atoms with Crippen molar-refractivity contribution in [3.05, 3.63) is 63.1 Å². The minimum atomic E-state index is -0.260. The number of nitrogens with zero attached hydrogens (tertiary/aromatic N) is 2. The van der Waals surface area contributed by atoms with Gasteiger partial charge in [0.05, 0.1) is 24.8 Å². The molecule has 158 valence electrons. The number of benzene rings is 2. The highest BCUT2D eigenvalue weighted by atomic mass is 16.5. The number of aromatic nitrogens is 2. The number of carbonyl (C=O) groups excluding carboxylic acids is 1. The SMILES string of the molecule is CCOc1cc(CNC(=O)Cn2c(=O)c(C)nc3cc(C)c(C)cc32)ccc1OC. The maximum atomic E-state index is 12.7. The van der Waals surface area contributed by atoms with E-state index >= 15 is 0 Å². The second-order valence-corrected chi connectivity index (χ2v) is 7.21. The van der Waals surface area contributed by atoms with Crippen LogP contribution in [0.25, 0.3) is 11.0 Å². The van der Waals surface area contributed by atoms with Crippen LogP contribution in [0.2, 0.25) is 0 Å². The van der Waals surface area contributed by atoms with E-state index in [0.29, 0.717) is 41.4 Å². The summed E-state index contributed by atoms with van der Waals surface area (Å²) in [5.41, 5.74) is 4.49. The third-order valence-electron chi connectivity index (χ3n) is 5.04. The molecule has 7 heteroatoms. The number of hydrogen-bond acceptors (Lipinski definition) is 5. The van der Waals surface area contributed by atoms with Crippen molar-refractivity contribution >= 4 is 16.9 Å². The van der Waals surface area contributed by atoms with Gasteiger partial charge in [-0.15, -0.1) is 0 Å². The normalized spacial score (nSPS) is 10.8. The van der Waals surface area contributed by atoms with E-state index in [4.69, 9.17) is 9.47 Å². The van der Waals surface area contributed by atoms with Crippen LogP contribution in [-0.4, -0.2) is 29.2 Å². The number of hydrogen-bond donors (Lipinski definition) is 1. The summed E-state index contributed by atoms with van der Waals surface area (Å²) < 4.78 is 12.3. The Labute approximate surface area is 175 Å². The number of ether oxygens (including phenoxy) is 2. The first kappa shape index (κ1) is 21.4. The minimum Gasteiger partial charge on any atom is -0.493 e. The van der Waals surface area contributed by atoms with Crippen LogP contribution in [0, 0.1) is 20.8 Å². The van der Waals surface area contributed by atoms with Crippen LogP contribution in [0.5, 0.6) is 11.5 Å². The molecule has 30 heavy (non-hydrogen) atoms. The Balaban J connectivity index is 1.81. The van der Waals surface area contributed by atoms with Gasteiger partial charge in [0.25, 0.3) is 5.56 Å². The summed E-state index contributed by atoms with van der Waals surface area (Å²) in [7, 11) is 1.58. The Hall–Kier alpha value is -3.35. The first-order valence-corrected chi connectivity index (χ1v) is 9.88. The average molecular weight is 409 g/mol. The highest BCUT2D eigenvalue weighted by Crippen LogP contribution is 2.28. The smallest absolute Gasteiger partial charge is 0.272 e. The van der Waals surface area contributed by atoms with Crippen LogP contribution in [0.3, 0.4) is 0 Å². The lowest BCUT2D eigenvalue weighted by Crippen LogP contribution is -2.33. The molecule has 0 aliphatic rings. The van der Waals surface area contributed by atoms with E-state index in [1.165, 1.54) is 4.57 Å². The first-order chi connectivity index (χ1) is 14.3. The van der Waals surface area contributed by atoms with E-state index in [9.17, 15) is 9.59 Å². The molecule has 7 nitrogen and oxygen atoms in total. The van der Waals surface area contributed by atoms with Crippen LogP contribution < -0.4 is 20.3 Å². The Bertz CT molecular complexity index is 1150. The van der Waals surface area contributed by atoms with E-state index in [2.05, 4.69) is 10.3 Å². The number of nitrogens with one attached hydrogen (secondary N) is 1. The van der Waals surface area contributed by atoms with E-state index in [1.54, 1.807) is 14.0 Å². The Morgan fingerprint density at radius 3 is 2.53 bits per heavy atom. The molecule has 0 unspecified atom stereocenters. The molecule has 0 saturated heterocycles. The van der Waals surface area contributed by atoms with Crippen LogP contribution in [0.4, 0.5) is 0 Å². The number of rotatable bonds is 7. The highest BCUT2D eigenvalue weighted by Gasteiger charge is 2.13. The predicted octanol–water partition coefficient (Wildman–Crippen LogP) is 3.05. The zero-order valence-electron chi connectivity index (χ0n) is 18.0. The lowest BCUT2D eigenvalue weighted by atomic mass is 10.1. The second-order valence-electron chi connectivity index (χ2n) is 7.21. The summed E-state index contributed by atoms with van der Waals surface area (Å²) in [5.74, 6) is 1.02. The number of aryl methyl sites for hydroxylation is 3. The number of amides is 1. The van der Waals surface area contributed by atoms with Crippen molar-refractivity contribution < 1.29 is 14.3 Å². The quantitative estimate of drug-likeness (QED) is 0.649. The van der Waals surface area contributed by atoms with Crippen molar-refractivity contribution in [2.45, 2.75) is 40.8 Å². The van der Waals surface area contributed by atoms with Crippen molar-refractivity contribution in [3.63, 3.8) is 0 Å². The maximum absolute atomic E-state index is 12.7. The third-order valence-corrected chi connectivity index (χ3v) is 5.04. The third kappa shape index (κ3) is 4.45. The number of fused-ring (bicyclic) bond motifs is 1. The van der Waals surface area contributed by atoms with Crippen molar-refractivity contribution in [1.29, 1.82) is 0 Å². The van der Waals surface area contributed by atoms with Crippen molar-refractivity contribution in [2.75, 3.05) is 13.7 Å². The molecule has 3 aromatic rings. The van der Waals surface area contributed by atoms with Gasteiger partial charge in [-0.25, -0.2) is 4.98 Å². The molecule has 0 radical (unpaired) electrons. The molecular formula is C23H27N3O4. The zero-order valence-corrected chi connectivity index (χ0v) is 18.0. The Morgan fingerprint density at radius 1 is 1.10 bits per heavy atom. The van der Waals surface area contributed by atoms with Gasteiger partial charge in [-0.05, 0) is 68.7 Å². The zero-order chi connectivity index (χ0) is 21.8. The summed E-state index contributed by atoms with van der Waals surface area (Å²) >= 11 is 0. The average Bonchev–Trinajstić information content (AvgIpc) is 2.72. The molecule has 1 aromatic heterocycles. The van der Waals surface area contributed by atoms with Crippen LogP contribution in [0.1, 0.15) is 29.3 Å². The molecule has 0 fully saturated rings. The first-order valence-electron chi connectivity index (χ1n) is 9.88. The van der Waals surface area contributed by atoms with Gasteiger partial charge in [0.2, 0.25) is 5.91 Å². The van der Waals surface area contributed by atoms with Gasteiger partial charge in [-0.3, -0.25) is 14.2 Å². The molecule has 3 rings (SSSR count). The summed E-state index contributed by atoms with van der Waals surface area (Å²) in [5, 5.41) is 2.88. The Kier molecular flexibility index (Phi) is 6.40. The summed E-state index contributed by atoms with van der Waals surface area (Å²) in [6.45, 7) is 8.30. The molecule has 0 spiro atoms. The predicted molar refractivity (Wildman–Crippen MR) is 116 cm³/mol. The molecule has 0 bridgehead atoms. The summed E-state index contributed by atoms with van der Waals surface area (Å²) in [6.07, 6.45) is 0. The fourth-order valence-electron chi connectivity index (χ4n) is 3.28. The highest BCUT2D eigenvalue weighted by molar-refractivity contribution is 5.81. The lowest BCUT2D eigenvalue weighted by molar-refractivity contribution is -0.121. The number of methoxy groups -OCH3 is 1. The molecule has 1 N–H and O–H groups in total. The molecule has 2 aromatic carbocycles. The van der Waals surface area contributed by atoms with Gasteiger partial charge >= 0.3 is 0 Å². The van der Waals surface area contributed by atoms with E-state index in [-0.39, 0.29) is 18.0 Å². The van der Waals surface area contributed by atoms with Gasteiger partial charge in [-0.2, -0.15) is 0 Å². The summed E-state index contributed by atoms with van der Waals surface area (Å²) in [6, 6.07) is 9.36. The minimum absolute atomic E-state index is 0.0737. The van der Waals surface area contributed by atoms with Crippen molar-refractivity contribution in [3.8, 4) is 11.5 Å². The van der Waals surface area contributed by atoms with E-state index in [0.717, 1.165) is 16.7 Å². The molecule has 0 aliphatic heterocycles. The topological polar surface area (TPSA) is 82.5 Å². The fraction of sp³-hybridized carbons (Fsp3) is 0.348. The van der Waals surface area contributed by atoms with E-state index in [1.807, 2.05) is 51.1 Å². The van der Waals surface area contributed by atoms with Gasteiger partial charge in [0, 0.05) is 6.54 Å². The second kappa shape index (κ2) is 8.98. The number of carbonyl (C=O) groups is 1. The molecular weight excluding hydrogens is 382 g/mol. The maximum Gasteiger partial charge on any atom is 0.272 e. The van der Waals surface area contributed by atoms with Gasteiger partial charge < -0.3 is 14.8 Å². The summed E-state index contributed by atoms with van der Waals surface area (Å²) in [4.78, 5) is 29.7. The molecule has 0 atom stereocenters. The van der Waals surface area contributed by atoms with Crippen LogP contribution in [-0.2, 0) is 17.9 Å². The largest absolute Gasteiger partial charge is 0.493 e. The van der Waals surface area contributed by atoms with Gasteiger partial charge in [0.1, 0.15) is 12.2 Å². The standard InChI is InChI=1S/C23H27N3O4/c1-6-30-21-11-17(7-8-20(21)29-5)12-24-22(27)13-26-19-10-15(3)14(2)9-18(19)25-16(4)23(26)28/h7-11H,6,12-13H2,1-5H3,(H,24,27). The molecule has 1 heterocycles. The van der Waals surface area contributed by atoms with Crippen molar-refractivity contribution in [2.24, 2.45) is 0 Å². The lowest BCUT2D eigenvalue weighted by Gasteiger charge is -2.14. The Morgan fingerprint density at radius 2 is 1.83 bits per heavy atom. The monoisotopic (exact) mass is 409 g/mol. The van der Waals surface area contributed by atoms with Gasteiger partial charge in [0.15, 0.2) is 11.5 Å². The fourth-order valence-corrected chi connectivity index (χ4v) is 3.28. The van der Waals surface area contributed by atoms with E-state index < -0.39 is 0 Å². The molecule has 0 aliphatic carbocycles. The van der Waals surface area contributed by atoms with Gasteiger partial charge in [-0.1, -0.05) is 6.07 Å². The molecule has 0 saturated carbocycles. The van der Waals surface area contributed by atoms with Crippen molar-refractivity contribution in [1.82, 2.24) is 14.9 Å². The van der Waals surface area contributed by atoms with Crippen LogP contribution >= 0.6 is 0 Å². The van der Waals surface area contributed by atoms with Crippen LogP contribution in [0.15, 0.2) is 35.1 Å². The molecule has 1 amide bonds.